The molecule has 1 aromatic carbocycles. The molecule has 0 amide bonds. The van der Waals surface area contributed by atoms with Gasteiger partial charge in [-0.05, 0) is 44.4 Å². The molecule has 0 saturated heterocycles. The zero-order valence-electron chi connectivity index (χ0n) is 12.9. The Bertz CT molecular complexity index is 421. The standard InChI is InChI=1S/C16H25NO2/c1-7-19-15(18)16(4,5)17(6)14-10-8-13(9-11-14)12(2)3/h8-12H,7H2,1-6H3. The van der Waals surface area contributed by atoms with Crippen LogP contribution in [0.25, 0.3) is 0 Å². The topological polar surface area (TPSA) is 29.5 Å². The summed E-state index contributed by atoms with van der Waals surface area (Å²) >= 11 is 0. The summed E-state index contributed by atoms with van der Waals surface area (Å²) < 4.78 is 5.13. The minimum Gasteiger partial charge on any atom is -0.464 e. The summed E-state index contributed by atoms with van der Waals surface area (Å²) in [6, 6.07) is 8.32. The van der Waals surface area contributed by atoms with Gasteiger partial charge in [-0.15, -0.1) is 0 Å². The van der Waals surface area contributed by atoms with Crippen LogP contribution in [-0.2, 0) is 9.53 Å². The molecule has 0 aliphatic carbocycles. The van der Waals surface area contributed by atoms with Gasteiger partial charge in [0.2, 0.25) is 0 Å². The van der Waals surface area contributed by atoms with Gasteiger partial charge in [-0.25, -0.2) is 4.79 Å². The molecule has 106 valence electrons. The van der Waals surface area contributed by atoms with E-state index in [9.17, 15) is 4.79 Å². The lowest BCUT2D eigenvalue weighted by molar-refractivity contribution is -0.148. The summed E-state index contributed by atoms with van der Waals surface area (Å²) in [5, 5.41) is 0. The largest absolute Gasteiger partial charge is 0.464 e. The molecule has 0 radical (unpaired) electrons. The van der Waals surface area contributed by atoms with Crippen LogP contribution in [0, 0.1) is 0 Å². The zero-order valence-corrected chi connectivity index (χ0v) is 12.9. The van der Waals surface area contributed by atoms with E-state index in [1.54, 1.807) is 0 Å². The van der Waals surface area contributed by atoms with Crippen molar-refractivity contribution in [3.63, 3.8) is 0 Å². The maximum Gasteiger partial charge on any atom is 0.331 e. The molecule has 0 aromatic heterocycles. The fraction of sp³-hybridized carbons (Fsp3) is 0.562. The Kier molecular flexibility index (Phi) is 4.98. The van der Waals surface area contributed by atoms with E-state index >= 15 is 0 Å². The molecule has 19 heavy (non-hydrogen) atoms. The van der Waals surface area contributed by atoms with Crippen molar-refractivity contribution in [2.75, 3.05) is 18.6 Å². The molecule has 0 spiro atoms. The molecule has 0 aliphatic heterocycles. The van der Waals surface area contributed by atoms with Gasteiger partial charge in [0.25, 0.3) is 0 Å². The average Bonchev–Trinajstić information content (AvgIpc) is 2.38. The summed E-state index contributed by atoms with van der Waals surface area (Å²) in [4.78, 5) is 13.9. The van der Waals surface area contributed by atoms with E-state index < -0.39 is 5.54 Å². The second-order valence-electron chi connectivity index (χ2n) is 5.58. The van der Waals surface area contributed by atoms with Crippen molar-refractivity contribution in [2.24, 2.45) is 0 Å². The minimum atomic E-state index is -0.671. The van der Waals surface area contributed by atoms with Crippen LogP contribution in [-0.4, -0.2) is 25.2 Å². The summed E-state index contributed by atoms with van der Waals surface area (Å²) in [6.45, 7) is 10.3. The van der Waals surface area contributed by atoms with Crippen molar-refractivity contribution in [1.29, 1.82) is 0 Å². The molecule has 0 atom stereocenters. The van der Waals surface area contributed by atoms with Crippen LogP contribution in [0.1, 0.15) is 46.1 Å². The monoisotopic (exact) mass is 263 g/mol. The van der Waals surface area contributed by atoms with Crippen LogP contribution in [0.3, 0.4) is 0 Å². The lowest BCUT2D eigenvalue weighted by Gasteiger charge is -2.35. The van der Waals surface area contributed by atoms with Crippen LogP contribution in [0.4, 0.5) is 5.69 Å². The molecule has 1 rings (SSSR count). The lowest BCUT2D eigenvalue weighted by atomic mass is 10.00. The van der Waals surface area contributed by atoms with E-state index in [1.807, 2.05) is 32.7 Å². The fourth-order valence-corrected chi connectivity index (χ4v) is 1.85. The van der Waals surface area contributed by atoms with E-state index in [0.717, 1.165) is 5.69 Å². The Morgan fingerprint density at radius 2 is 1.79 bits per heavy atom. The molecule has 3 heteroatoms. The molecule has 0 fully saturated rings. The predicted octanol–water partition coefficient (Wildman–Crippen LogP) is 3.59. The van der Waals surface area contributed by atoms with E-state index in [4.69, 9.17) is 4.74 Å². The number of ether oxygens (including phenoxy) is 1. The van der Waals surface area contributed by atoms with E-state index in [2.05, 4.69) is 38.1 Å². The predicted molar refractivity (Wildman–Crippen MR) is 79.6 cm³/mol. The van der Waals surface area contributed by atoms with Gasteiger partial charge in [0, 0.05) is 12.7 Å². The molecular formula is C16H25NO2. The first-order valence-corrected chi connectivity index (χ1v) is 6.81. The third-order valence-electron chi connectivity index (χ3n) is 3.56. The SMILES string of the molecule is CCOC(=O)C(C)(C)N(C)c1ccc(C(C)C)cc1. The molecule has 0 saturated carbocycles. The highest BCUT2D eigenvalue weighted by atomic mass is 16.5. The fourth-order valence-electron chi connectivity index (χ4n) is 1.85. The van der Waals surface area contributed by atoms with Gasteiger partial charge in [-0.1, -0.05) is 26.0 Å². The first kappa shape index (κ1) is 15.5. The molecule has 0 heterocycles. The molecule has 0 N–H and O–H groups in total. The van der Waals surface area contributed by atoms with E-state index in [1.165, 1.54) is 5.56 Å². The second kappa shape index (κ2) is 6.09. The normalized spacial score (nSPS) is 11.5. The van der Waals surface area contributed by atoms with Gasteiger partial charge < -0.3 is 9.64 Å². The van der Waals surface area contributed by atoms with Crippen LogP contribution in [0.15, 0.2) is 24.3 Å². The van der Waals surface area contributed by atoms with Gasteiger partial charge >= 0.3 is 5.97 Å². The van der Waals surface area contributed by atoms with E-state index in [0.29, 0.717) is 12.5 Å². The lowest BCUT2D eigenvalue weighted by Crippen LogP contribution is -2.49. The molecule has 0 bridgehead atoms. The van der Waals surface area contributed by atoms with Crippen molar-refractivity contribution in [3.05, 3.63) is 29.8 Å². The third-order valence-corrected chi connectivity index (χ3v) is 3.56. The van der Waals surface area contributed by atoms with Gasteiger partial charge in [0.1, 0.15) is 5.54 Å². The van der Waals surface area contributed by atoms with Crippen molar-refractivity contribution >= 4 is 11.7 Å². The number of rotatable bonds is 5. The highest BCUT2D eigenvalue weighted by Crippen LogP contribution is 2.25. The van der Waals surface area contributed by atoms with Crippen molar-refractivity contribution in [1.82, 2.24) is 0 Å². The van der Waals surface area contributed by atoms with Crippen LogP contribution < -0.4 is 4.90 Å². The molecule has 0 unspecified atom stereocenters. The number of hydrogen-bond acceptors (Lipinski definition) is 3. The summed E-state index contributed by atoms with van der Waals surface area (Å²) in [6.07, 6.45) is 0. The van der Waals surface area contributed by atoms with Crippen LogP contribution in [0.5, 0.6) is 0 Å². The van der Waals surface area contributed by atoms with Crippen LogP contribution >= 0.6 is 0 Å². The van der Waals surface area contributed by atoms with E-state index in [-0.39, 0.29) is 5.97 Å². The number of benzene rings is 1. The Hall–Kier alpha value is -1.51. The quantitative estimate of drug-likeness (QED) is 0.760. The number of carbonyl (C=O) groups excluding carboxylic acids is 1. The molecular weight excluding hydrogens is 238 g/mol. The average molecular weight is 263 g/mol. The first-order chi connectivity index (χ1) is 8.80. The van der Waals surface area contributed by atoms with Crippen molar-refractivity contribution in [3.8, 4) is 0 Å². The Balaban J connectivity index is 2.92. The Labute approximate surface area is 116 Å². The number of nitrogens with zero attached hydrogens (tertiary/aromatic N) is 1. The number of hydrogen-bond donors (Lipinski definition) is 0. The maximum absolute atomic E-state index is 12.0. The molecule has 3 nitrogen and oxygen atoms in total. The highest BCUT2D eigenvalue weighted by molar-refractivity contribution is 5.84. The number of carbonyl (C=O) groups is 1. The van der Waals surface area contributed by atoms with Gasteiger partial charge in [-0.2, -0.15) is 0 Å². The third kappa shape index (κ3) is 3.49. The zero-order chi connectivity index (χ0) is 14.6. The summed E-state index contributed by atoms with van der Waals surface area (Å²) in [5.41, 5.74) is 1.64. The Morgan fingerprint density at radius 1 is 1.26 bits per heavy atom. The van der Waals surface area contributed by atoms with Crippen molar-refractivity contribution in [2.45, 2.75) is 46.1 Å². The van der Waals surface area contributed by atoms with Gasteiger partial charge in [0.05, 0.1) is 6.61 Å². The smallest absolute Gasteiger partial charge is 0.331 e. The van der Waals surface area contributed by atoms with Crippen LogP contribution in [0.2, 0.25) is 0 Å². The second-order valence-corrected chi connectivity index (χ2v) is 5.58. The summed E-state index contributed by atoms with van der Waals surface area (Å²) in [5.74, 6) is 0.308. The molecule has 0 aliphatic rings. The number of likely N-dealkylation sites (N-methyl/N-ethyl adjacent to an activating group) is 1. The van der Waals surface area contributed by atoms with Crippen molar-refractivity contribution < 1.29 is 9.53 Å². The number of anilines is 1. The molecule has 1 aromatic rings. The maximum atomic E-state index is 12.0. The summed E-state index contributed by atoms with van der Waals surface area (Å²) in [7, 11) is 1.92. The number of esters is 1. The first-order valence-electron chi connectivity index (χ1n) is 6.81. The van der Waals surface area contributed by atoms with Gasteiger partial charge in [-0.3, -0.25) is 0 Å². The minimum absolute atomic E-state index is 0.203. The van der Waals surface area contributed by atoms with Gasteiger partial charge in [0.15, 0.2) is 0 Å². The highest BCUT2D eigenvalue weighted by Gasteiger charge is 2.34. The Morgan fingerprint density at radius 3 is 2.21 bits per heavy atom.